The number of carbonyl (C=O) groups excluding carboxylic acids is 3. The lowest BCUT2D eigenvalue weighted by Crippen LogP contribution is -2.30. The number of amides is 1. The Balaban J connectivity index is 1.97. The molecule has 0 aliphatic rings. The number of halogens is 2. The van der Waals surface area contributed by atoms with Crippen molar-refractivity contribution in [2.45, 2.75) is 26.6 Å². The predicted molar refractivity (Wildman–Crippen MR) is 93.0 cm³/mol. The molecule has 0 aromatic heterocycles. The van der Waals surface area contributed by atoms with E-state index in [-0.39, 0.29) is 17.1 Å². The zero-order valence-electron chi connectivity index (χ0n) is 14.6. The van der Waals surface area contributed by atoms with Crippen molar-refractivity contribution in [3.8, 4) is 5.75 Å². The van der Waals surface area contributed by atoms with Gasteiger partial charge >= 0.3 is 12.6 Å². The number of rotatable bonds is 7. The average Bonchev–Trinajstić information content (AvgIpc) is 2.61. The van der Waals surface area contributed by atoms with Crippen LogP contribution < -0.4 is 10.1 Å². The maximum atomic E-state index is 12.2. The molecule has 0 aliphatic heterocycles. The van der Waals surface area contributed by atoms with E-state index >= 15 is 0 Å². The topological polar surface area (TPSA) is 81.7 Å². The van der Waals surface area contributed by atoms with Gasteiger partial charge in [-0.2, -0.15) is 8.78 Å². The number of ether oxygens (including phenoxy) is 2. The van der Waals surface area contributed by atoms with Gasteiger partial charge in [-0.3, -0.25) is 9.59 Å². The molecule has 0 radical (unpaired) electrons. The van der Waals surface area contributed by atoms with E-state index in [4.69, 9.17) is 4.74 Å². The normalized spacial score (nSPS) is 11.6. The van der Waals surface area contributed by atoms with Gasteiger partial charge in [0.25, 0.3) is 5.91 Å². The van der Waals surface area contributed by atoms with Crippen molar-refractivity contribution in [3.05, 3.63) is 59.7 Å². The van der Waals surface area contributed by atoms with Crippen LogP contribution in [-0.2, 0) is 9.53 Å². The number of hydrogen-bond acceptors (Lipinski definition) is 5. The molecule has 0 heterocycles. The molecule has 1 unspecified atom stereocenters. The first-order valence-electron chi connectivity index (χ1n) is 7.94. The second kappa shape index (κ2) is 8.88. The minimum Gasteiger partial charge on any atom is -0.449 e. The number of benzene rings is 2. The number of hydrogen-bond donors (Lipinski definition) is 1. The van der Waals surface area contributed by atoms with Crippen LogP contribution in [0.5, 0.6) is 5.75 Å². The Morgan fingerprint density at radius 2 is 1.67 bits per heavy atom. The molecule has 142 valence electrons. The van der Waals surface area contributed by atoms with Gasteiger partial charge in [-0.25, -0.2) is 4.79 Å². The standard InChI is InChI=1S/C19H17F2NO5/c1-11(23)13-6-8-15(9-7-13)22-17(24)12(2)26-18(25)14-4-3-5-16(10-14)27-19(20)21/h3-10,12,19H,1-2H3,(H,22,24). The van der Waals surface area contributed by atoms with Crippen LogP contribution in [0.25, 0.3) is 0 Å². The maximum Gasteiger partial charge on any atom is 0.387 e. The maximum absolute atomic E-state index is 12.2. The minimum absolute atomic E-state index is 0.0291. The summed E-state index contributed by atoms with van der Waals surface area (Å²) in [6.07, 6.45) is -1.13. The van der Waals surface area contributed by atoms with Gasteiger partial charge in [0.2, 0.25) is 0 Å². The number of Topliss-reactive ketones (excluding diaryl/α,β-unsaturated/α-hetero) is 1. The van der Waals surface area contributed by atoms with Crippen molar-refractivity contribution in [2.75, 3.05) is 5.32 Å². The summed E-state index contributed by atoms with van der Waals surface area (Å²) in [5.41, 5.74) is 0.900. The van der Waals surface area contributed by atoms with Gasteiger partial charge in [-0.15, -0.1) is 0 Å². The molecule has 2 aromatic carbocycles. The van der Waals surface area contributed by atoms with Crippen LogP contribution in [0.2, 0.25) is 0 Å². The molecule has 27 heavy (non-hydrogen) atoms. The average molecular weight is 377 g/mol. The molecule has 0 aliphatic carbocycles. The molecule has 6 nitrogen and oxygen atoms in total. The Kier molecular flexibility index (Phi) is 6.59. The quantitative estimate of drug-likeness (QED) is 0.588. The van der Waals surface area contributed by atoms with Gasteiger partial charge < -0.3 is 14.8 Å². The van der Waals surface area contributed by atoms with Crippen molar-refractivity contribution in [3.63, 3.8) is 0 Å². The van der Waals surface area contributed by atoms with E-state index in [0.29, 0.717) is 11.3 Å². The van der Waals surface area contributed by atoms with Gasteiger partial charge in [0.1, 0.15) is 5.75 Å². The highest BCUT2D eigenvalue weighted by atomic mass is 19.3. The molecule has 2 rings (SSSR count). The van der Waals surface area contributed by atoms with Gasteiger partial charge in [0.05, 0.1) is 5.56 Å². The fourth-order valence-electron chi connectivity index (χ4n) is 2.11. The summed E-state index contributed by atoms with van der Waals surface area (Å²) in [6.45, 7) is -0.219. The van der Waals surface area contributed by atoms with Gasteiger partial charge in [0, 0.05) is 11.3 Å². The summed E-state index contributed by atoms with van der Waals surface area (Å²) < 4.78 is 33.7. The largest absolute Gasteiger partial charge is 0.449 e. The number of nitrogens with one attached hydrogen (secondary N) is 1. The first-order valence-corrected chi connectivity index (χ1v) is 7.94. The van der Waals surface area contributed by atoms with Crippen molar-refractivity contribution in [2.24, 2.45) is 0 Å². The molecule has 0 bridgehead atoms. The number of ketones is 1. The van der Waals surface area contributed by atoms with E-state index in [0.717, 1.165) is 6.07 Å². The number of carbonyl (C=O) groups is 3. The van der Waals surface area contributed by atoms with E-state index in [1.54, 1.807) is 24.3 Å². The fraction of sp³-hybridized carbons (Fsp3) is 0.211. The van der Waals surface area contributed by atoms with Gasteiger partial charge in [0.15, 0.2) is 11.9 Å². The predicted octanol–water partition coefficient (Wildman–Crippen LogP) is 3.67. The molecular weight excluding hydrogens is 360 g/mol. The lowest BCUT2D eigenvalue weighted by molar-refractivity contribution is -0.123. The van der Waals surface area contributed by atoms with Crippen molar-refractivity contribution >= 4 is 23.3 Å². The Hall–Kier alpha value is -3.29. The molecule has 0 fully saturated rings. The van der Waals surface area contributed by atoms with E-state index in [1.807, 2.05) is 0 Å². The van der Waals surface area contributed by atoms with Gasteiger partial charge in [-0.1, -0.05) is 6.07 Å². The molecule has 8 heteroatoms. The van der Waals surface area contributed by atoms with Crippen molar-refractivity contribution < 1.29 is 32.6 Å². The van der Waals surface area contributed by atoms with E-state index in [9.17, 15) is 23.2 Å². The molecular formula is C19H17F2NO5. The van der Waals surface area contributed by atoms with Crippen LogP contribution in [0.15, 0.2) is 48.5 Å². The molecule has 0 spiro atoms. The Morgan fingerprint density at radius 3 is 2.26 bits per heavy atom. The van der Waals surface area contributed by atoms with Crippen LogP contribution in [0.1, 0.15) is 34.6 Å². The molecule has 1 N–H and O–H groups in total. The minimum atomic E-state index is -3.02. The fourth-order valence-corrected chi connectivity index (χ4v) is 2.11. The second-order valence-corrected chi connectivity index (χ2v) is 5.58. The molecule has 2 aromatic rings. The second-order valence-electron chi connectivity index (χ2n) is 5.58. The van der Waals surface area contributed by atoms with E-state index in [1.165, 1.54) is 32.0 Å². The van der Waals surface area contributed by atoms with Crippen LogP contribution in [0.3, 0.4) is 0 Å². The van der Waals surface area contributed by atoms with Crippen LogP contribution >= 0.6 is 0 Å². The summed E-state index contributed by atoms with van der Waals surface area (Å²) in [4.78, 5) is 35.4. The third kappa shape index (κ3) is 5.88. The Labute approximate surface area is 154 Å². The molecule has 0 saturated carbocycles. The lowest BCUT2D eigenvalue weighted by Gasteiger charge is -2.14. The SMILES string of the molecule is CC(=O)c1ccc(NC(=O)C(C)OC(=O)c2cccc(OC(F)F)c2)cc1. The summed E-state index contributed by atoms with van der Waals surface area (Å²) in [7, 11) is 0. The third-order valence-corrected chi connectivity index (χ3v) is 3.51. The van der Waals surface area contributed by atoms with E-state index < -0.39 is 24.6 Å². The monoisotopic (exact) mass is 377 g/mol. The Bertz CT molecular complexity index is 836. The highest BCUT2D eigenvalue weighted by molar-refractivity contribution is 5.98. The number of alkyl halides is 2. The molecule has 1 atom stereocenters. The van der Waals surface area contributed by atoms with Crippen LogP contribution in [-0.4, -0.2) is 30.4 Å². The first-order chi connectivity index (χ1) is 12.8. The first kappa shape index (κ1) is 20.0. The third-order valence-electron chi connectivity index (χ3n) is 3.51. The van der Waals surface area contributed by atoms with Crippen molar-refractivity contribution in [1.82, 2.24) is 0 Å². The lowest BCUT2D eigenvalue weighted by atomic mass is 10.1. The zero-order valence-corrected chi connectivity index (χ0v) is 14.6. The van der Waals surface area contributed by atoms with Crippen LogP contribution in [0.4, 0.5) is 14.5 Å². The van der Waals surface area contributed by atoms with E-state index in [2.05, 4.69) is 10.1 Å². The smallest absolute Gasteiger partial charge is 0.387 e. The van der Waals surface area contributed by atoms with Crippen molar-refractivity contribution in [1.29, 1.82) is 0 Å². The zero-order chi connectivity index (χ0) is 20.0. The molecule has 0 saturated heterocycles. The Morgan fingerprint density at radius 1 is 1.00 bits per heavy atom. The highest BCUT2D eigenvalue weighted by Gasteiger charge is 2.20. The van der Waals surface area contributed by atoms with Gasteiger partial charge in [-0.05, 0) is 56.3 Å². The summed E-state index contributed by atoms with van der Waals surface area (Å²) in [5, 5.41) is 2.55. The van der Waals surface area contributed by atoms with Crippen LogP contribution in [0, 0.1) is 0 Å². The molecule has 1 amide bonds. The number of esters is 1. The summed E-state index contributed by atoms with van der Waals surface area (Å²) in [6, 6.07) is 11.3. The summed E-state index contributed by atoms with van der Waals surface area (Å²) in [5.74, 6) is -1.74. The number of anilines is 1. The summed E-state index contributed by atoms with van der Waals surface area (Å²) >= 11 is 0. The highest BCUT2D eigenvalue weighted by Crippen LogP contribution is 2.17.